The van der Waals surface area contributed by atoms with Crippen molar-refractivity contribution in [3.63, 3.8) is 0 Å². The van der Waals surface area contributed by atoms with Gasteiger partial charge in [0.1, 0.15) is 5.82 Å². The molecule has 98 valence electrons. The molecule has 0 bridgehead atoms. The summed E-state index contributed by atoms with van der Waals surface area (Å²) in [4.78, 5) is 11.7. The van der Waals surface area contributed by atoms with Crippen molar-refractivity contribution < 1.29 is 0 Å². The molecule has 3 heteroatoms. The van der Waals surface area contributed by atoms with Gasteiger partial charge in [-0.25, -0.2) is 9.97 Å². The van der Waals surface area contributed by atoms with Gasteiger partial charge >= 0.3 is 0 Å². The van der Waals surface area contributed by atoms with Crippen LogP contribution in [0.5, 0.6) is 0 Å². The quantitative estimate of drug-likeness (QED) is 0.786. The Morgan fingerprint density at radius 3 is 2.74 bits per heavy atom. The molecule has 1 aliphatic rings. The summed E-state index contributed by atoms with van der Waals surface area (Å²) in [7, 11) is 0. The molecule has 19 heavy (non-hydrogen) atoms. The SMILES string of the molecule is C=CC(c1ncc2ccccc2n1)N1CCCCC1. The fourth-order valence-corrected chi connectivity index (χ4v) is 2.74. The van der Waals surface area contributed by atoms with Gasteiger partial charge in [-0.05, 0) is 32.0 Å². The number of rotatable bonds is 3. The number of benzene rings is 1. The van der Waals surface area contributed by atoms with Crippen LogP contribution in [-0.4, -0.2) is 28.0 Å². The maximum absolute atomic E-state index is 4.70. The number of fused-ring (bicyclic) bond motifs is 1. The number of para-hydroxylation sites is 1. The molecule has 1 unspecified atom stereocenters. The van der Waals surface area contributed by atoms with Gasteiger partial charge in [-0.1, -0.05) is 30.7 Å². The molecule has 1 saturated heterocycles. The maximum Gasteiger partial charge on any atom is 0.149 e. The van der Waals surface area contributed by atoms with Gasteiger partial charge in [0.05, 0.1) is 11.6 Å². The van der Waals surface area contributed by atoms with Crippen LogP contribution in [0.4, 0.5) is 0 Å². The predicted octanol–water partition coefficient (Wildman–Crippen LogP) is 3.34. The molecule has 0 aliphatic carbocycles. The van der Waals surface area contributed by atoms with E-state index in [2.05, 4.69) is 16.5 Å². The minimum absolute atomic E-state index is 0.143. The molecule has 0 radical (unpaired) electrons. The van der Waals surface area contributed by atoms with Crippen LogP contribution < -0.4 is 0 Å². The smallest absolute Gasteiger partial charge is 0.149 e. The molecule has 3 nitrogen and oxygen atoms in total. The van der Waals surface area contributed by atoms with E-state index in [0.29, 0.717) is 0 Å². The third kappa shape index (κ3) is 2.51. The Balaban J connectivity index is 1.93. The Morgan fingerprint density at radius 1 is 1.16 bits per heavy atom. The molecular weight excluding hydrogens is 234 g/mol. The van der Waals surface area contributed by atoms with E-state index in [1.807, 2.05) is 36.5 Å². The number of piperidine rings is 1. The van der Waals surface area contributed by atoms with Gasteiger partial charge in [0, 0.05) is 11.6 Å². The number of hydrogen-bond acceptors (Lipinski definition) is 3. The molecular formula is C16H19N3. The first kappa shape index (κ1) is 12.3. The second kappa shape index (κ2) is 5.49. The molecule has 0 N–H and O–H groups in total. The van der Waals surface area contributed by atoms with Gasteiger partial charge in [0.15, 0.2) is 0 Å². The maximum atomic E-state index is 4.70. The van der Waals surface area contributed by atoms with Crippen molar-refractivity contribution in [2.24, 2.45) is 0 Å². The lowest BCUT2D eigenvalue weighted by molar-refractivity contribution is 0.187. The highest BCUT2D eigenvalue weighted by atomic mass is 15.2. The second-order valence-electron chi connectivity index (χ2n) is 5.06. The van der Waals surface area contributed by atoms with E-state index < -0.39 is 0 Å². The number of nitrogens with zero attached hydrogens (tertiary/aromatic N) is 3. The van der Waals surface area contributed by atoms with Crippen molar-refractivity contribution in [2.75, 3.05) is 13.1 Å². The summed E-state index contributed by atoms with van der Waals surface area (Å²) in [5.41, 5.74) is 1.01. The zero-order valence-electron chi connectivity index (χ0n) is 11.1. The zero-order valence-corrected chi connectivity index (χ0v) is 11.1. The first-order valence-electron chi connectivity index (χ1n) is 6.97. The largest absolute Gasteiger partial charge is 0.290 e. The number of likely N-dealkylation sites (tertiary alicyclic amines) is 1. The Labute approximate surface area is 114 Å². The number of hydrogen-bond donors (Lipinski definition) is 0. The van der Waals surface area contributed by atoms with Crippen LogP contribution in [0, 0.1) is 0 Å². The normalized spacial score (nSPS) is 18.3. The second-order valence-corrected chi connectivity index (χ2v) is 5.06. The van der Waals surface area contributed by atoms with Crippen molar-refractivity contribution in [3.8, 4) is 0 Å². The van der Waals surface area contributed by atoms with Crippen molar-refractivity contribution >= 4 is 10.9 Å². The van der Waals surface area contributed by atoms with Crippen LogP contribution in [0.2, 0.25) is 0 Å². The monoisotopic (exact) mass is 253 g/mol. The summed E-state index contributed by atoms with van der Waals surface area (Å²) >= 11 is 0. The molecule has 1 aromatic heterocycles. The first-order chi connectivity index (χ1) is 9.38. The van der Waals surface area contributed by atoms with Crippen molar-refractivity contribution in [1.82, 2.24) is 14.9 Å². The fraction of sp³-hybridized carbons (Fsp3) is 0.375. The standard InChI is InChI=1S/C16H19N3/c1-2-15(19-10-6-3-7-11-19)16-17-12-13-8-4-5-9-14(13)18-16/h2,4-5,8-9,12,15H,1,3,6-7,10-11H2. The lowest BCUT2D eigenvalue weighted by atomic mass is 10.1. The highest BCUT2D eigenvalue weighted by Crippen LogP contribution is 2.24. The van der Waals surface area contributed by atoms with Crippen LogP contribution in [0.1, 0.15) is 31.1 Å². The third-order valence-corrected chi connectivity index (χ3v) is 3.78. The lowest BCUT2D eigenvalue weighted by Crippen LogP contribution is -2.33. The van der Waals surface area contributed by atoms with Gasteiger partial charge in [-0.2, -0.15) is 0 Å². The van der Waals surface area contributed by atoms with E-state index in [4.69, 9.17) is 4.98 Å². The summed E-state index contributed by atoms with van der Waals surface area (Å²) in [6.07, 6.45) is 7.74. The summed E-state index contributed by atoms with van der Waals surface area (Å²) in [6.45, 7) is 6.21. The Bertz CT molecular complexity index is 573. The molecule has 2 heterocycles. The van der Waals surface area contributed by atoms with E-state index in [1.54, 1.807) is 0 Å². The summed E-state index contributed by atoms with van der Waals surface area (Å²) in [5.74, 6) is 0.871. The van der Waals surface area contributed by atoms with E-state index in [-0.39, 0.29) is 6.04 Å². The summed E-state index contributed by atoms with van der Waals surface area (Å²) in [6, 6.07) is 8.26. The summed E-state index contributed by atoms with van der Waals surface area (Å²) in [5, 5.41) is 1.09. The molecule has 0 amide bonds. The Kier molecular flexibility index (Phi) is 3.56. The van der Waals surface area contributed by atoms with Gasteiger partial charge < -0.3 is 0 Å². The molecule has 1 aromatic carbocycles. The van der Waals surface area contributed by atoms with Gasteiger partial charge in [0.25, 0.3) is 0 Å². The zero-order chi connectivity index (χ0) is 13.1. The van der Waals surface area contributed by atoms with Crippen LogP contribution >= 0.6 is 0 Å². The Hall–Kier alpha value is -1.74. The fourth-order valence-electron chi connectivity index (χ4n) is 2.74. The molecule has 0 spiro atoms. The average molecular weight is 253 g/mol. The van der Waals surface area contributed by atoms with E-state index in [1.165, 1.54) is 19.3 Å². The van der Waals surface area contributed by atoms with Crippen LogP contribution in [-0.2, 0) is 0 Å². The van der Waals surface area contributed by atoms with Crippen LogP contribution in [0.3, 0.4) is 0 Å². The minimum Gasteiger partial charge on any atom is -0.290 e. The van der Waals surface area contributed by atoms with E-state index in [0.717, 1.165) is 29.8 Å². The topological polar surface area (TPSA) is 29.0 Å². The van der Waals surface area contributed by atoms with Crippen LogP contribution in [0.25, 0.3) is 10.9 Å². The molecule has 1 aliphatic heterocycles. The van der Waals surface area contributed by atoms with Gasteiger partial charge in [0.2, 0.25) is 0 Å². The van der Waals surface area contributed by atoms with E-state index in [9.17, 15) is 0 Å². The molecule has 1 fully saturated rings. The van der Waals surface area contributed by atoms with Crippen molar-refractivity contribution in [2.45, 2.75) is 25.3 Å². The average Bonchev–Trinajstić information content (AvgIpc) is 2.49. The molecule has 1 atom stereocenters. The third-order valence-electron chi connectivity index (χ3n) is 3.78. The van der Waals surface area contributed by atoms with Crippen molar-refractivity contribution in [1.29, 1.82) is 0 Å². The molecule has 3 rings (SSSR count). The summed E-state index contributed by atoms with van der Waals surface area (Å²) < 4.78 is 0. The highest BCUT2D eigenvalue weighted by molar-refractivity contribution is 5.77. The number of aromatic nitrogens is 2. The van der Waals surface area contributed by atoms with Crippen molar-refractivity contribution in [3.05, 3.63) is 48.9 Å². The van der Waals surface area contributed by atoms with Gasteiger partial charge in [-0.3, -0.25) is 4.90 Å². The molecule has 0 saturated carbocycles. The Morgan fingerprint density at radius 2 is 1.95 bits per heavy atom. The van der Waals surface area contributed by atoms with Gasteiger partial charge in [-0.15, -0.1) is 6.58 Å². The lowest BCUT2D eigenvalue weighted by Gasteiger charge is -2.31. The minimum atomic E-state index is 0.143. The van der Waals surface area contributed by atoms with Crippen LogP contribution in [0.15, 0.2) is 43.1 Å². The van der Waals surface area contributed by atoms with E-state index >= 15 is 0 Å². The molecule has 2 aromatic rings. The highest BCUT2D eigenvalue weighted by Gasteiger charge is 2.21. The first-order valence-corrected chi connectivity index (χ1v) is 6.97. The predicted molar refractivity (Wildman–Crippen MR) is 77.9 cm³/mol.